The fourth-order valence-corrected chi connectivity index (χ4v) is 1.94. The van der Waals surface area contributed by atoms with Gasteiger partial charge in [0.25, 0.3) is 0 Å². The van der Waals surface area contributed by atoms with Crippen LogP contribution in [0.5, 0.6) is 0 Å². The Morgan fingerprint density at radius 3 is 1.69 bits per heavy atom. The van der Waals surface area contributed by atoms with Crippen LogP contribution in [0.1, 0.15) is 48.0 Å². The molecule has 0 rings (SSSR count). The number of hydrogen-bond donors (Lipinski definition) is 0. The van der Waals surface area contributed by atoms with Crippen molar-refractivity contribution in [2.75, 3.05) is 13.1 Å². The van der Waals surface area contributed by atoms with E-state index in [4.69, 9.17) is 0 Å². The van der Waals surface area contributed by atoms with Crippen molar-refractivity contribution in [3.63, 3.8) is 0 Å². The lowest BCUT2D eigenvalue weighted by Crippen LogP contribution is -2.54. The third-order valence-corrected chi connectivity index (χ3v) is 2.23. The minimum atomic E-state index is 0.603. The Morgan fingerprint density at radius 2 is 1.46 bits per heavy atom. The van der Waals surface area contributed by atoms with Crippen LogP contribution in [0.2, 0.25) is 0 Å². The fraction of sp³-hybridized carbons (Fsp3) is 1.00. The summed E-state index contributed by atoms with van der Waals surface area (Å²) in [6.07, 6.45) is 1.23. The zero-order chi connectivity index (χ0) is 10.4. The molecule has 0 bridgehead atoms. The van der Waals surface area contributed by atoms with E-state index in [-0.39, 0.29) is 0 Å². The second kappa shape index (κ2) is 6.39. The van der Waals surface area contributed by atoms with E-state index in [0.717, 1.165) is 6.54 Å². The van der Waals surface area contributed by atoms with Crippen molar-refractivity contribution in [1.29, 1.82) is 0 Å². The molecule has 0 saturated carbocycles. The standard InChI is InChI=1S/C11H26N2/c1-7-9-12(8-2)13(10(3)4)11(5)6/h10-11H,7-9H2,1-6H3/q+1. The first-order valence-corrected chi connectivity index (χ1v) is 5.57. The largest absolute Gasteiger partial charge is 0.144 e. The van der Waals surface area contributed by atoms with Crippen LogP contribution in [-0.4, -0.2) is 30.2 Å². The molecular formula is C11H26N2+. The molecule has 0 aliphatic rings. The van der Waals surface area contributed by atoms with Gasteiger partial charge in [0, 0.05) is 6.42 Å². The zero-order valence-corrected chi connectivity index (χ0v) is 10.2. The first-order valence-electron chi connectivity index (χ1n) is 5.57. The Labute approximate surface area is 83.9 Å². The molecule has 13 heavy (non-hydrogen) atoms. The Bertz CT molecular complexity index is 113. The first kappa shape index (κ1) is 12.9. The molecule has 0 amide bonds. The van der Waals surface area contributed by atoms with Gasteiger partial charge in [-0.3, -0.25) is 0 Å². The first-order chi connectivity index (χ1) is 6.04. The number of hydrogen-bond acceptors (Lipinski definition) is 2. The van der Waals surface area contributed by atoms with Crippen LogP contribution in [0.15, 0.2) is 0 Å². The van der Waals surface area contributed by atoms with Crippen LogP contribution in [0.3, 0.4) is 0 Å². The van der Waals surface area contributed by atoms with Gasteiger partial charge in [0.2, 0.25) is 0 Å². The normalized spacial score (nSPS) is 12.5. The minimum absolute atomic E-state index is 0.603. The molecule has 0 atom stereocenters. The molecule has 0 unspecified atom stereocenters. The lowest BCUT2D eigenvalue weighted by molar-refractivity contribution is 0.00757. The molecule has 0 fully saturated rings. The van der Waals surface area contributed by atoms with Crippen LogP contribution in [0.25, 0.3) is 0 Å². The van der Waals surface area contributed by atoms with Gasteiger partial charge in [-0.2, -0.15) is 0 Å². The van der Waals surface area contributed by atoms with E-state index < -0.39 is 0 Å². The van der Waals surface area contributed by atoms with E-state index in [1.165, 1.54) is 13.0 Å². The van der Waals surface area contributed by atoms with Crippen molar-refractivity contribution >= 4 is 0 Å². The highest BCUT2D eigenvalue weighted by molar-refractivity contribution is 4.69. The molecule has 0 heterocycles. The van der Waals surface area contributed by atoms with Gasteiger partial charge in [0.05, 0.1) is 12.1 Å². The maximum Gasteiger partial charge on any atom is 0.144 e. The molecule has 0 N–H and O–H groups in total. The predicted octanol–water partition coefficient (Wildman–Crippen LogP) is 2.59. The van der Waals surface area contributed by atoms with Crippen molar-refractivity contribution in [2.24, 2.45) is 0 Å². The molecule has 0 aliphatic carbocycles. The third kappa shape index (κ3) is 4.10. The van der Waals surface area contributed by atoms with Gasteiger partial charge in [0.1, 0.15) is 13.1 Å². The Hall–Kier alpha value is -0.0800. The Balaban J connectivity index is 4.30. The maximum atomic E-state index is 2.48. The summed E-state index contributed by atoms with van der Waals surface area (Å²) in [7, 11) is 0. The molecule has 0 saturated heterocycles. The van der Waals surface area contributed by atoms with E-state index in [9.17, 15) is 0 Å². The second-order valence-corrected chi connectivity index (χ2v) is 4.11. The van der Waals surface area contributed by atoms with Crippen LogP contribution < -0.4 is 5.01 Å². The topological polar surface area (TPSA) is 9.14 Å². The lowest BCUT2D eigenvalue weighted by atomic mass is 10.3. The highest BCUT2D eigenvalue weighted by atomic mass is 15.6. The van der Waals surface area contributed by atoms with Crippen molar-refractivity contribution in [3.8, 4) is 0 Å². The summed E-state index contributed by atoms with van der Waals surface area (Å²) in [6, 6.07) is 1.21. The van der Waals surface area contributed by atoms with Crippen LogP contribution in [0.4, 0.5) is 0 Å². The summed E-state index contributed by atoms with van der Waals surface area (Å²) in [5.41, 5.74) is 0. The van der Waals surface area contributed by atoms with Crippen molar-refractivity contribution < 1.29 is 0 Å². The molecule has 2 heteroatoms. The minimum Gasteiger partial charge on any atom is -0.101 e. The van der Waals surface area contributed by atoms with Gasteiger partial charge >= 0.3 is 0 Å². The van der Waals surface area contributed by atoms with Gasteiger partial charge in [-0.15, -0.1) is 5.01 Å². The average Bonchev–Trinajstić information content (AvgIpc) is 2.02. The van der Waals surface area contributed by atoms with Crippen molar-refractivity contribution in [2.45, 2.75) is 60.0 Å². The van der Waals surface area contributed by atoms with Crippen LogP contribution >= 0.6 is 0 Å². The molecule has 0 aromatic heterocycles. The van der Waals surface area contributed by atoms with Crippen molar-refractivity contribution in [3.05, 3.63) is 0 Å². The molecule has 0 aromatic rings. The van der Waals surface area contributed by atoms with Gasteiger partial charge in [-0.25, -0.2) is 0 Å². The van der Waals surface area contributed by atoms with Crippen molar-refractivity contribution in [1.82, 2.24) is 10.0 Å². The second-order valence-electron chi connectivity index (χ2n) is 4.11. The van der Waals surface area contributed by atoms with Gasteiger partial charge in [0.15, 0.2) is 0 Å². The summed E-state index contributed by atoms with van der Waals surface area (Å²) in [4.78, 5) is 0. The molecule has 0 aliphatic heterocycles. The number of nitrogens with zero attached hydrogens (tertiary/aromatic N) is 2. The van der Waals surface area contributed by atoms with Crippen LogP contribution in [0, 0.1) is 0 Å². The fourth-order valence-electron chi connectivity index (χ4n) is 1.94. The highest BCUT2D eigenvalue weighted by Gasteiger charge is 2.28. The summed E-state index contributed by atoms with van der Waals surface area (Å²) >= 11 is 0. The molecule has 79 valence electrons. The third-order valence-electron chi connectivity index (χ3n) is 2.23. The van der Waals surface area contributed by atoms with Gasteiger partial charge in [-0.05, 0) is 34.6 Å². The summed E-state index contributed by atoms with van der Waals surface area (Å²) in [5, 5.41) is 4.93. The smallest absolute Gasteiger partial charge is 0.101 e. The summed E-state index contributed by atoms with van der Waals surface area (Å²) < 4.78 is 0. The highest BCUT2D eigenvalue weighted by Crippen LogP contribution is 2.07. The van der Waals surface area contributed by atoms with E-state index in [1.54, 1.807) is 0 Å². The van der Waals surface area contributed by atoms with E-state index >= 15 is 0 Å². The van der Waals surface area contributed by atoms with E-state index in [1.807, 2.05) is 0 Å². The summed E-state index contributed by atoms with van der Waals surface area (Å²) in [5.74, 6) is 0. The van der Waals surface area contributed by atoms with Crippen LogP contribution in [-0.2, 0) is 0 Å². The van der Waals surface area contributed by atoms with E-state index in [0.29, 0.717) is 12.1 Å². The lowest BCUT2D eigenvalue weighted by Gasteiger charge is -2.30. The number of hydrazine groups is 1. The molecule has 1 radical (unpaired) electrons. The monoisotopic (exact) mass is 186 g/mol. The zero-order valence-electron chi connectivity index (χ0n) is 10.2. The molecule has 0 aromatic carbocycles. The quantitative estimate of drug-likeness (QED) is 0.457. The Kier molecular flexibility index (Phi) is 6.35. The molecular weight excluding hydrogens is 160 g/mol. The molecule has 2 nitrogen and oxygen atoms in total. The summed E-state index contributed by atoms with van der Waals surface area (Å²) in [6.45, 7) is 15.8. The Morgan fingerprint density at radius 1 is 1.00 bits per heavy atom. The number of rotatable bonds is 6. The maximum absolute atomic E-state index is 2.48. The average molecular weight is 186 g/mol. The molecule has 0 spiro atoms. The van der Waals surface area contributed by atoms with Gasteiger partial charge in [-0.1, -0.05) is 11.9 Å². The predicted molar refractivity (Wildman–Crippen MR) is 59.9 cm³/mol. The van der Waals surface area contributed by atoms with E-state index in [2.05, 4.69) is 51.6 Å². The SMILES string of the molecule is CCC[N+](CC)N(C(C)C)C(C)C. The van der Waals surface area contributed by atoms with Gasteiger partial charge < -0.3 is 0 Å².